The second kappa shape index (κ2) is 9.35. The van der Waals surface area contributed by atoms with Crippen LogP contribution in [-0.4, -0.2) is 28.2 Å². The third-order valence-corrected chi connectivity index (χ3v) is 5.27. The van der Waals surface area contributed by atoms with Gasteiger partial charge in [-0.05, 0) is 37.4 Å². The summed E-state index contributed by atoms with van der Waals surface area (Å²) in [5, 5.41) is 17.1. The maximum Gasteiger partial charge on any atom is 0.277 e. The van der Waals surface area contributed by atoms with Gasteiger partial charge in [0, 0.05) is 34.5 Å². The molecular formula is C25H22N4O4. The van der Waals surface area contributed by atoms with Gasteiger partial charge < -0.3 is 9.30 Å². The number of benzene rings is 3. The Kier molecular flexibility index (Phi) is 6.17. The number of nitrogens with zero attached hydrogens (tertiary/aromatic N) is 3. The Morgan fingerprint density at radius 2 is 1.85 bits per heavy atom. The summed E-state index contributed by atoms with van der Waals surface area (Å²) >= 11 is 0. The number of carbonyl (C=O) groups excluding carboxylic acids is 1. The first-order valence-corrected chi connectivity index (χ1v) is 10.3. The lowest BCUT2D eigenvalue weighted by Crippen LogP contribution is -2.24. The molecule has 166 valence electrons. The molecule has 1 amide bonds. The topological polar surface area (TPSA) is 98.8 Å². The number of non-ortho nitro benzene ring substituents is 1. The molecule has 0 spiro atoms. The van der Waals surface area contributed by atoms with Gasteiger partial charge in [-0.25, -0.2) is 5.43 Å². The van der Waals surface area contributed by atoms with E-state index in [0.29, 0.717) is 11.4 Å². The van der Waals surface area contributed by atoms with E-state index < -0.39 is 4.92 Å². The van der Waals surface area contributed by atoms with Crippen LogP contribution in [-0.2, 0) is 4.79 Å². The van der Waals surface area contributed by atoms with E-state index in [-0.39, 0.29) is 18.2 Å². The zero-order chi connectivity index (χ0) is 23.4. The SMILES string of the molecule is Cc1cc(/C=N/NC(=O)COc2cccc3ccccc23)c(C)n1-c1cccc([N+](=O)[O-])c1. The van der Waals surface area contributed by atoms with Gasteiger partial charge in [-0.3, -0.25) is 14.9 Å². The lowest BCUT2D eigenvalue weighted by Gasteiger charge is -2.09. The highest BCUT2D eigenvalue weighted by Gasteiger charge is 2.13. The number of aryl methyl sites for hydroxylation is 1. The van der Waals surface area contributed by atoms with Gasteiger partial charge in [0.25, 0.3) is 11.6 Å². The zero-order valence-corrected chi connectivity index (χ0v) is 18.2. The lowest BCUT2D eigenvalue weighted by molar-refractivity contribution is -0.384. The van der Waals surface area contributed by atoms with Crippen molar-refractivity contribution in [1.29, 1.82) is 0 Å². The van der Waals surface area contributed by atoms with Gasteiger partial charge in [-0.15, -0.1) is 0 Å². The van der Waals surface area contributed by atoms with E-state index >= 15 is 0 Å². The number of ether oxygens (including phenoxy) is 1. The highest BCUT2D eigenvalue weighted by Crippen LogP contribution is 2.25. The van der Waals surface area contributed by atoms with Crippen molar-refractivity contribution < 1.29 is 14.5 Å². The van der Waals surface area contributed by atoms with Crippen LogP contribution >= 0.6 is 0 Å². The molecule has 1 N–H and O–H groups in total. The van der Waals surface area contributed by atoms with E-state index in [0.717, 1.165) is 27.7 Å². The van der Waals surface area contributed by atoms with Crippen molar-refractivity contribution in [2.75, 3.05) is 6.61 Å². The monoisotopic (exact) mass is 442 g/mol. The van der Waals surface area contributed by atoms with Crippen LogP contribution in [0.1, 0.15) is 17.0 Å². The van der Waals surface area contributed by atoms with Crippen LogP contribution in [0.25, 0.3) is 16.5 Å². The molecule has 0 unspecified atom stereocenters. The lowest BCUT2D eigenvalue weighted by atomic mass is 10.1. The number of hydrazone groups is 1. The standard InChI is InChI=1S/C25H22N4O4/c1-17-13-20(18(2)28(17)21-9-6-10-22(14-21)29(31)32)15-26-27-25(30)16-33-24-12-5-8-19-7-3-4-11-23(19)24/h3-15H,16H2,1-2H3,(H,27,30)/b26-15+. The first-order valence-electron chi connectivity index (χ1n) is 10.3. The van der Waals surface area contributed by atoms with Crippen molar-refractivity contribution in [3.8, 4) is 11.4 Å². The minimum atomic E-state index is -0.421. The van der Waals surface area contributed by atoms with Crippen molar-refractivity contribution in [2.24, 2.45) is 5.10 Å². The molecule has 0 aliphatic heterocycles. The molecule has 1 heterocycles. The molecule has 8 heteroatoms. The first kappa shape index (κ1) is 21.8. The van der Waals surface area contributed by atoms with E-state index in [1.54, 1.807) is 18.3 Å². The summed E-state index contributed by atoms with van der Waals surface area (Å²) in [5.74, 6) is 0.249. The van der Waals surface area contributed by atoms with Gasteiger partial charge >= 0.3 is 0 Å². The third kappa shape index (κ3) is 4.74. The van der Waals surface area contributed by atoms with Crippen LogP contribution in [0.4, 0.5) is 5.69 Å². The van der Waals surface area contributed by atoms with Crippen LogP contribution in [0.3, 0.4) is 0 Å². The van der Waals surface area contributed by atoms with Gasteiger partial charge in [-0.2, -0.15) is 5.10 Å². The predicted octanol–water partition coefficient (Wildman–Crippen LogP) is 4.68. The fourth-order valence-electron chi connectivity index (χ4n) is 3.73. The molecular weight excluding hydrogens is 420 g/mol. The Morgan fingerprint density at radius 1 is 1.09 bits per heavy atom. The number of nitro benzene ring substituents is 1. The number of fused-ring (bicyclic) bond motifs is 1. The van der Waals surface area contributed by atoms with Gasteiger partial charge in [0.1, 0.15) is 5.75 Å². The van der Waals surface area contributed by atoms with Crippen LogP contribution < -0.4 is 10.2 Å². The number of carbonyl (C=O) groups is 1. The number of hydrogen-bond acceptors (Lipinski definition) is 5. The number of nitrogens with one attached hydrogen (secondary N) is 1. The molecule has 0 saturated heterocycles. The second-order valence-corrected chi connectivity index (χ2v) is 7.50. The Balaban J connectivity index is 1.42. The van der Waals surface area contributed by atoms with E-state index in [1.807, 2.05) is 66.9 Å². The Labute approximate surface area is 190 Å². The molecule has 0 saturated carbocycles. The first-order chi connectivity index (χ1) is 15.9. The fourth-order valence-corrected chi connectivity index (χ4v) is 3.73. The summed E-state index contributed by atoms with van der Waals surface area (Å²) in [6.45, 7) is 3.62. The summed E-state index contributed by atoms with van der Waals surface area (Å²) in [6, 6.07) is 21.8. The Hall–Kier alpha value is -4.46. The Morgan fingerprint density at radius 3 is 2.67 bits per heavy atom. The largest absolute Gasteiger partial charge is 0.483 e. The fraction of sp³-hybridized carbons (Fsp3) is 0.120. The van der Waals surface area contributed by atoms with Gasteiger partial charge in [-0.1, -0.05) is 42.5 Å². The molecule has 0 aliphatic carbocycles. The zero-order valence-electron chi connectivity index (χ0n) is 18.2. The van der Waals surface area contributed by atoms with E-state index in [1.165, 1.54) is 12.1 Å². The van der Waals surface area contributed by atoms with Crippen molar-refractivity contribution in [2.45, 2.75) is 13.8 Å². The van der Waals surface area contributed by atoms with Gasteiger partial charge in [0.05, 0.1) is 16.8 Å². The van der Waals surface area contributed by atoms with Crippen LogP contribution in [0, 0.1) is 24.0 Å². The molecule has 1 aromatic heterocycles. The summed E-state index contributed by atoms with van der Waals surface area (Å²) < 4.78 is 7.58. The van der Waals surface area contributed by atoms with Gasteiger partial charge in [0.2, 0.25) is 0 Å². The average Bonchev–Trinajstić information content (AvgIpc) is 3.10. The summed E-state index contributed by atoms with van der Waals surface area (Å²) in [7, 11) is 0. The molecule has 4 aromatic rings. The summed E-state index contributed by atoms with van der Waals surface area (Å²) in [4.78, 5) is 22.9. The molecule has 3 aromatic carbocycles. The second-order valence-electron chi connectivity index (χ2n) is 7.50. The van der Waals surface area contributed by atoms with Gasteiger partial charge in [0.15, 0.2) is 6.61 Å². The quantitative estimate of drug-likeness (QED) is 0.255. The molecule has 0 atom stereocenters. The highest BCUT2D eigenvalue weighted by molar-refractivity contribution is 5.89. The van der Waals surface area contributed by atoms with Crippen molar-refractivity contribution in [1.82, 2.24) is 9.99 Å². The number of amides is 1. The molecule has 0 radical (unpaired) electrons. The summed E-state index contributed by atoms with van der Waals surface area (Å²) in [6.07, 6.45) is 1.55. The minimum Gasteiger partial charge on any atom is -0.483 e. The molecule has 4 rings (SSSR count). The molecule has 0 aliphatic rings. The average molecular weight is 442 g/mol. The number of aromatic nitrogens is 1. The highest BCUT2D eigenvalue weighted by atomic mass is 16.6. The normalized spacial score (nSPS) is 11.1. The number of hydrogen-bond donors (Lipinski definition) is 1. The maximum absolute atomic E-state index is 12.2. The van der Waals surface area contributed by atoms with E-state index in [4.69, 9.17) is 4.74 Å². The summed E-state index contributed by atoms with van der Waals surface area (Å²) in [5.41, 5.74) is 5.71. The molecule has 8 nitrogen and oxygen atoms in total. The Bertz CT molecular complexity index is 1370. The minimum absolute atomic E-state index is 0.0219. The van der Waals surface area contributed by atoms with Crippen LogP contribution in [0.2, 0.25) is 0 Å². The number of nitro groups is 1. The van der Waals surface area contributed by atoms with Crippen molar-refractivity contribution in [3.05, 3.63) is 99.9 Å². The number of rotatable bonds is 7. The smallest absolute Gasteiger partial charge is 0.277 e. The van der Waals surface area contributed by atoms with Crippen LogP contribution in [0.15, 0.2) is 77.9 Å². The van der Waals surface area contributed by atoms with Crippen molar-refractivity contribution in [3.63, 3.8) is 0 Å². The molecule has 33 heavy (non-hydrogen) atoms. The molecule has 0 fully saturated rings. The molecule has 0 bridgehead atoms. The van der Waals surface area contributed by atoms with E-state index in [9.17, 15) is 14.9 Å². The predicted molar refractivity (Wildman–Crippen MR) is 127 cm³/mol. The maximum atomic E-state index is 12.2. The third-order valence-electron chi connectivity index (χ3n) is 5.27. The van der Waals surface area contributed by atoms with Crippen LogP contribution in [0.5, 0.6) is 5.75 Å². The van der Waals surface area contributed by atoms with Crippen molar-refractivity contribution >= 4 is 28.6 Å². The van der Waals surface area contributed by atoms with E-state index in [2.05, 4.69) is 10.5 Å².